The molecule has 2 N–H and O–H groups in total. The minimum Gasteiger partial charge on any atom is -0.369 e. The molecular formula is C22H20N2OS. The summed E-state index contributed by atoms with van der Waals surface area (Å²) in [5.41, 5.74) is 9.34. The minimum atomic E-state index is -0.539. The molecule has 3 nitrogen and oxygen atoms in total. The Morgan fingerprint density at radius 3 is 2.04 bits per heavy atom. The molecule has 0 aliphatic rings. The molecule has 1 amide bonds. The molecule has 2 atom stereocenters. The highest BCUT2D eigenvalue weighted by atomic mass is 32.1. The number of rotatable bonds is 5. The average molecular weight is 360 g/mol. The first-order valence-electron chi connectivity index (χ1n) is 8.43. The van der Waals surface area contributed by atoms with Crippen LogP contribution in [0.25, 0.3) is 0 Å². The number of nitrogens with two attached hydrogens (primary N) is 1. The molecule has 0 aliphatic heterocycles. The monoisotopic (exact) mass is 360 g/mol. The number of amides is 1. The van der Waals surface area contributed by atoms with Crippen molar-refractivity contribution in [3.05, 3.63) is 92.7 Å². The Labute approximate surface area is 157 Å². The second-order valence-corrected chi connectivity index (χ2v) is 7.57. The Kier molecular flexibility index (Phi) is 5.20. The summed E-state index contributed by atoms with van der Waals surface area (Å²) < 4.78 is 0. The average Bonchev–Trinajstić information content (AvgIpc) is 2.94. The summed E-state index contributed by atoms with van der Waals surface area (Å²) in [6, 6.07) is 21.7. The number of primary amides is 1. The SMILES string of the molecule is Cc1sc(C(c2ccccc2)C(C(N)=O)c2ccccc2)c(C#N)c1C. The van der Waals surface area contributed by atoms with Crippen LogP contribution in [0.4, 0.5) is 0 Å². The summed E-state index contributed by atoms with van der Waals surface area (Å²) in [4.78, 5) is 14.5. The van der Waals surface area contributed by atoms with Crippen molar-refractivity contribution in [3.8, 4) is 6.07 Å². The van der Waals surface area contributed by atoms with Gasteiger partial charge < -0.3 is 5.73 Å². The molecule has 0 aliphatic carbocycles. The van der Waals surface area contributed by atoms with Gasteiger partial charge in [0.2, 0.25) is 5.91 Å². The first-order valence-corrected chi connectivity index (χ1v) is 9.25. The van der Waals surface area contributed by atoms with E-state index in [1.165, 1.54) is 0 Å². The van der Waals surface area contributed by atoms with Crippen molar-refractivity contribution in [2.75, 3.05) is 0 Å². The van der Waals surface area contributed by atoms with E-state index in [2.05, 4.69) is 6.07 Å². The van der Waals surface area contributed by atoms with Gasteiger partial charge in [-0.1, -0.05) is 60.7 Å². The molecule has 26 heavy (non-hydrogen) atoms. The van der Waals surface area contributed by atoms with Crippen LogP contribution in [-0.4, -0.2) is 5.91 Å². The fraction of sp³-hybridized carbons (Fsp3) is 0.182. The lowest BCUT2D eigenvalue weighted by Gasteiger charge is -2.25. The third-order valence-corrected chi connectivity index (χ3v) is 6.05. The van der Waals surface area contributed by atoms with E-state index in [1.54, 1.807) is 11.3 Å². The fourth-order valence-electron chi connectivity index (χ4n) is 3.35. The van der Waals surface area contributed by atoms with Gasteiger partial charge in [0, 0.05) is 15.7 Å². The van der Waals surface area contributed by atoms with Crippen molar-refractivity contribution >= 4 is 17.2 Å². The van der Waals surface area contributed by atoms with Crippen molar-refractivity contribution < 1.29 is 4.79 Å². The molecule has 1 heterocycles. The Hall–Kier alpha value is -2.90. The minimum absolute atomic E-state index is 0.289. The molecule has 0 radical (unpaired) electrons. The van der Waals surface area contributed by atoms with Crippen LogP contribution in [0.15, 0.2) is 60.7 Å². The van der Waals surface area contributed by atoms with Gasteiger partial charge in [-0.3, -0.25) is 4.79 Å². The maximum atomic E-state index is 12.5. The van der Waals surface area contributed by atoms with Gasteiger partial charge in [0.15, 0.2) is 0 Å². The first-order chi connectivity index (χ1) is 12.5. The van der Waals surface area contributed by atoms with E-state index in [0.29, 0.717) is 5.56 Å². The summed E-state index contributed by atoms with van der Waals surface area (Å²) in [6.45, 7) is 3.96. The van der Waals surface area contributed by atoms with E-state index in [1.807, 2.05) is 74.5 Å². The third-order valence-electron chi connectivity index (χ3n) is 4.76. The molecule has 0 saturated heterocycles. The summed E-state index contributed by atoms with van der Waals surface area (Å²) in [7, 11) is 0. The first kappa shape index (κ1) is 17.9. The van der Waals surface area contributed by atoms with Crippen LogP contribution >= 0.6 is 11.3 Å². The van der Waals surface area contributed by atoms with Crippen LogP contribution in [0.5, 0.6) is 0 Å². The largest absolute Gasteiger partial charge is 0.369 e. The zero-order valence-electron chi connectivity index (χ0n) is 14.8. The quantitative estimate of drug-likeness (QED) is 0.720. The standard InChI is InChI=1S/C22H20N2OS/c1-14-15(2)26-21(18(14)13-23)19(16-9-5-3-6-10-16)20(22(24)25)17-11-7-4-8-12-17/h3-12,19-20H,1-2H3,(H2,24,25). The maximum Gasteiger partial charge on any atom is 0.225 e. The van der Waals surface area contributed by atoms with Crippen molar-refractivity contribution in [3.63, 3.8) is 0 Å². The molecule has 2 unspecified atom stereocenters. The number of hydrogen-bond donors (Lipinski definition) is 1. The van der Waals surface area contributed by atoms with Gasteiger partial charge in [0.1, 0.15) is 6.07 Å². The Morgan fingerprint density at radius 1 is 1.00 bits per heavy atom. The van der Waals surface area contributed by atoms with Crippen LogP contribution in [-0.2, 0) is 4.79 Å². The predicted octanol–water partition coefficient (Wildman–Crippen LogP) is 4.64. The lowest BCUT2D eigenvalue weighted by Crippen LogP contribution is -2.27. The number of carbonyl (C=O) groups excluding carboxylic acids is 1. The summed E-state index contributed by atoms with van der Waals surface area (Å²) >= 11 is 1.58. The van der Waals surface area contributed by atoms with Crippen LogP contribution in [0.2, 0.25) is 0 Å². The van der Waals surface area contributed by atoms with E-state index in [-0.39, 0.29) is 5.92 Å². The number of nitriles is 1. The number of hydrogen-bond acceptors (Lipinski definition) is 3. The molecule has 1 aromatic heterocycles. The topological polar surface area (TPSA) is 66.9 Å². The number of carbonyl (C=O) groups is 1. The van der Waals surface area contributed by atoms with Crippen LogP contribution in [0, 0.1) is 25.2 Å². The zero-order chi connectivity index (χ0) is 18.7. The van der Waals surface area contributed by atoms with E-state index in [0.717, 1.165) is 26.4 Å². The van der Waals surface area contributed by atoms with Crippen LogP contribution in [0.3, 0.4) is 0 Å². The Bertz CT molecular complexity index is 955. The van der Waals surface area contributed by atoms with E-state index in [4.69, 9.17) is 5.73 Å². The maximum absolute atomic E-state index is 12.5. The predicted molar refractivity (Wildman–Crippen MR) is 105 cm³/mol. The highest BCUT2D eigenvalue weighted by Crippen LogP contribution is 2.44. The number of aryl methyl sites for hydroxylation is 1. The van der Waals surface area contributed by atoms with Crippen LogP contribution in [0.1, 0.15) is 43.8 Å². The van der Waals surface area contributed by atoms with E-state index >= 15 is 0 Å². The second-order valence-electron chi connectivity index (χ2n) is 6.31. The van der Waals surface area contributed by atoms with Gasteiger partial charge >= 0.3 is 0 Å². The van der Waals surface area contributed by atoms with Gasteiger partial charge in [-0.05, 0) is 30.5 Å². The fourth-order valence-corrected chi connectivity index (χ4v) is 4.63. The van der Waals surface area contributed by atoms with Gasteiger partial charge in [-0.25, -0.2) is 0 Å². The molecule has 0 fully saturated rings. The van der Waals surface area contributed by atoms with Gasteiger partial charge in [-0.2, -0.15) is 5.26 Å². The van der Waals surface area contributed by atoms with Crippen molar-refractivity contribution in [2.24, 2.45) is 5.73 Å². The molecule has 3 rings (SSSR count). The molecule has 2 aromatic carbocycles. The molecule has 3 aromatic rings. The van der Waals surface area contributed by atoms with Crippen molar-refractivity contribution in [2.45, 2.75) is 25.7 Å². The lowest BCUT2D eigenvalue weighted by atomic mass is 9.78. The smallest absolute Gasteiger partial charge is 0.225 e. The lowest BCUT2D eigenvalue weighted by molar-refractivity contribution is -0.119. The number of nitrogens with zero attached hydrogens (tertiary/aromatic N) is 1. The normalized spacial score (nSPS) is 13.0. The van der Waals surface area contributed by atoms with Crippen molar-refractivity contribution in [1.29, 1.82) is 5.26 Å². The summed E-state index contributed by atoms with van der Waals surface area (Å²) in [5, 5.41) is 9.74. The van der Waals surface area contributed by atoms with Crippen LogP contribution < -0.4 is 5.73 Å². The Balaban J connectivity index is 2.27. The van der Waals surface area contributed by atoms with Gasteiger partial charge in [0.05, 0.1) is 11.5 Å². The summed E-state index contributed by atoms with van der Waals surface area (Å²) in [6.07, 6.45) is 0. The highest BCUT2D eigenvalue weighted by Gasteiger charge is 2.34. The van der Waals surface area contributed by atoms with E-state index in [9.17, 15) is 10.1 Å². The number of thiophene rings is 1. The molecule has 130 valence electrons. The number of benzene rings is 2. The molecule has 0 bridgehead atoms. The zero-order valence-corrected chi connectivity index (χ0v) is 15.6. The second kappa shape index (κ2) is 7.55. The molecule has 0 saturated carbocycles. The Morgan fingerprint density at radius 2 is 1.54 bits per heavy atom. The highest BCUT2D eigenvalue weighted by molar-refractivity contribution is 7.12. The van der Waals surface area contributed by atoms with Gasteiger partial charge in [0.25, 0.3) is 0 Å². The summed E-state index contributed by atoms with van der Waals surface area (Å²) in [5.74, 6) is -1.22. The van der Waals surface area contributed by atoms with Crippen molar-refractivity contribution in [1.82, 2.24) is 0 Å². The van der Waals surface area contributed by atoms with Gasteiger partial charge in [-0.15, -0.1) is 11.3 Å². The third kappa shape index (κ3) is 3.26. The molecule has 4 heteroatoms. The molecule has 0 spiro atoms. The molecular weight excluding hydrogens is 340 g/mol. The van der Waals surface area contributed by atoms with E-state index < -0.39 is 11.8 Å².